The van der Waals surface area contributed by atoms with Crippen molar-refractivity contribution in [2.75, 3.05) is 0 Å². The molecule has 0 aromatic carbocycles. The maximum absolute atomic E-state index is 10.5. The van der Waals surface area contributed by atoms with Crippen molar-refractivity contribution in [3.8, 4) is 0 Å². The van der Waals surface area contributed by atoms with Gasteiger partial charge in [-0.1, -0.05) is 66.2 Å². The van der Waals surface area contributed by atoms with Crippen LogP contribution in [0.3, 0.4) is 0 Å². The van der Waals surface area contributed by atoms with E-state index in [1.165, 1.54) is 38.5 Å². The molecule has 0 N–H and O–H groups in total. The largest absolute Gasteiger partial charge is 0.299 e. The molecule has 0 heterocycles. The summed E-state index contributed by atoms with van der Waals surface area (Å²) in [6.07, 6.45) is 9.61. The molecular formula is C14H28O. The third-order valence-electron chi connectivity index (χ3n) is 3.29. The maximum Gasteiger partial charge on any atom is 0.135 e. The van der Waals surface area contributed by atoms with E-state index in [1.807, 2.05) is 20.8 Å². The SMILES string of the molecule is CCC(=O)C(C)C.CCC1CCCCC1. The lowest BCUT2D eigenvalue weighted by Crippen LogP contribution is -2.03. The maximum atomic E-state index is 10.5. The van der Waals surface area contributed by atoms with Crippen LogP contribution in [0.5, 0.6) is 0 Å². The second-order valence-electron chi connectivity index (χ2n) is 4.89. The monoisotopic (exact) mass is 212 g/mol. The first-order valence-corrected chi connectivity index (χ1v) is 6.64. The molecule has 0 atom stereocenters. The minimum absolute atomic E-state index is 0.227. The summed E-state index contributed by atoms with van der Waals surface area (Å²) in [6, 6.07) is 0. The van der Waals surface area contributed by atoms with Crippen LogP contribution in [-0.4, -0.2) is 5.78 Å². The number of ketones is 1. The Bertz CT molecular complexity index is 155. The molecule has 1 aliphatic rings. The van der Waals surface area contributed by atoms with Crippen LogP contribution in [0.2, 0.25) is 0 Å². The van der Waals surface area contributed by atoms with Gasteiger partial charge in [-0.3, -0.25) is 4.79 Å². The van der Waals surface area contributed by atoms with Crippen LogP contribution >= 0.6 is 0 Å². The zero-order valence-electron chi connectivity index (χ0n) is 11.0. The third-order valence-corrected chi connectivity index (χ3v) is 3.29. The summed E-state index contributed by atoms with van der Waals surface area (Å²) in [5.74, 6) is 1.66. The average molecular weight is 212 g/mol. The molecule has 1 aliphatic carbocycles. The molecule has 0 spiro atoms. The summed E-state index contributed by atoms with van der Waals surface area (Å²) < 4.78 is 0. The lowest BCUT2D eigenvalue weighted by molar-refractivity contribution is -0.121. The van der Waals surface area contributed by atoms with E-state index in [1.54, 1.807) is 0 Å². The lowest BCUT2D eigenvalue weighted by Gasteiger charge is -2.18. The van der Waals surface area contributed by atoms with Crippen molar-refractivity contribution in [3.05, 3.63) is 0 Å². The van der Waals surface area contributed by atoms with Crippen molar-refractivity contribution >= 4 is 5.78 Å². The second-order valence-corrected chi connectivity index (χ2v) is 4.89. The Balaban J connectivity index is 0.000000265. The number of carbonyl (C=O) groups excluding carboxylic acids is 1. The average Bonchev–Trinajstić information content (AvgIpc) is 2.29. The molecule has 0 radical (unpaired) electrons. The first kappa shape index (κ1) is 14.7. The van der Waals surface area contributed by atoms with Gasteiger partial charge in [0.1, 0.15) is 5.78 Å². The van der Waals surface area contributed by atoms with Crippen LogP contribution in [0.4, 0.5) is 0 Å². The van der Waals surface area contributed by atoms with E-state index >= 15 is 0 Å². The van der Waals surface area contributed by atoms with Crippen molar-refractivity contribution in [2.45, 2.75) is 72.6 Å². The summed E-state index contributed by atoms with van der Waals surface area (Å²) in [5, 5.41) is 0. The van der Waals surface area contributed by atoms with Crippen LogP contribution in [0, 0.1) is 11.8 Å². The van der Waals surface area contributed by atoms with Crippen LogP contribution in [0.1, 0.15) is 72.6 Å². The van der Waals surface area contributed by atoms with Crippen LogP contribution in [-0.2, 0) is 4.79 Å². The summed E-state index contributed by atoms with van der Waals surface area (Å²) in [4.78, 5) is 10.5. The van der Waals surface area contributed by atoms with Crippen molar-refractivity contribution in [1.29, 1.82) is 0 Å². The number of hydrogen-bond acceptors (Lipinski definition) is 1. The molecule has 0 amide bonds. The van der Waals surface area contributed by atoms with E-state index in [4.69, 9.17) is 0 Å². The van der Waals surface area contributed by atoms with E-state index in [-0.39, 0.29) is 5.92 Å². The topological polar surface area (TPSA) is 17.1 Å². The molecule has 0 unspecified atom stereocenters. The van der Waals surface area contributed by atoms with Crippen molar-refractivity contribution < 1.29 is 4.79 Å². The van der Waals surface area contributed by atoms with Gasteiger partial charge >= 0.3 is 0 Å². The molecular weight excluding hydrogens is 184 g/mol. The Morgan fingerprint density at radius 3 is 1.87 bits per heavy atom. The third kappa shape index (κ3) is 7.58. The van der Waals surface area contributed by atoms with E-state index < -0.39 is 0 Å². The number of carbonyl (C=O) groups is 1. The number of rotatable bonds is 3. The van der Waals surface area contributed by atoms with Crippen molar-refractivity contribution in [2.24, 2.45) is 11.8 Å². The molecule has 0 bridgehead atoms. The molecule has 1 heteroatoms. The highest BCUT2D eigenvalue weighted by atomic mass is 16.1. The quantitative estimate of drug-likeness (QED) is 0.668. The molecule has 0 aromatic rings. The Morgan fingerprint density at radius 2 is 1.67 bits per heavy atom. The molecule has 90 valence electrons. The van der Waals surface area contributed by atoms with Crippen LogP contribution < -0.4 is 0 Å². The predicted octanol–water partition coefficient (Wildman–Crippen LogP) is 4.60. The zero-order chi connectivity index (χ0) is 11.7. The fourth-order valence-electron chi connectivity index (χ4n) is 2.00. The predicted molar refractivity (Wildman–Crippen MR) is 67.0 cm³/mol. The minimum Gasteiger partial charge on any atom is -0.299 e. The van der Waals surface area contributed by atoms with Crippen molar-refractivity contribution in [3.63, 3.8) is 0 Å². The van der Waals surface area contributed by atoms with Gasteiger partial charge in [0.25, 0.3) is 0 Å². The van der Waals surface area contributed by atoms with E-state index in [2.05, 4.69) is 6.92 Å². The Kier molecular flexibility index (Phi) is 8.74. The van der Waals surface area contributed by atoms with Gasteiger partial charge in [0.15, 0.2) is 0 Å². The van der Waals surface area contributed by atoms with Gasteiger partial charge in [-0.05, 0) is 5.92 Å². The zero-order valence-corrected chi connectivity index (χ0v) is 11.0. The van der Waals surface area contributed by atoms with Crippen LogP contribution in [0.15, 0.2) is 0 Å². The Morgan fingerprint density at radius 1 is 1.13 bits per heavy atom. The van der Waals surface area contributed by atoms with Gasteiger partial charge in [0.2, 0.25) is 0 Å². The van der Waals surface area contributed by atoms with Gasteiger partial charge < -0.3 is 0 Å². The Hall–Kier alpha value is -0.330. The fourth-order valence-corrected chi connectivity index (χ4v) is 2.00. The normalized spacial score (nSPS) is 17.1. The summed E-state index contributed by atoms with van der Waals surface area (Å²) in [7, 11) is 0. The van der Waals surface area contributed by atoms with E-state index in [9.17, 15) is 4.79 Å². The van der Waals surface area contributed by atoms with Crippen LogP contribution in [0.25, 0.3) is 0 Å². The molecule has 15 heavy (non-hydrogen) atoms. The van der Waals surface area contributed by atoms with Gasteiger partial charge in [-0.2, -0.15) is 0 Å². The smallest absolute Gasteiger partial charge is 0.135 e. The first-order valence-electron chi connectivity index (χ1n) is 6.64. The summed E-state index contributed by atoms with van der Waals surface area (Å²) in [5.41, 5.74) is 0. The highest BCUT2D eigenvalue weighted by Crippen LogP contribution is 2.25. The molecule has 0 saturated heterocycles. The second kappa shape index (κ2) is 8.94. The number of Topliss-reactive ketones (excluding diaryl/α,β-unsaturated/α-hetero) is 1. The molecule has 0 aromatic heterocycles. The van der Waals surface area contributed by atoms with Crippen molar-refractivity contribution in [1.82, 2.24) is 0 Å². The molecule has 1 nitrogen and oxygen atoms in total. The van der Waals surface area contributed by atoms with Gasteiger partial charge in [0.05, 0.1) is 0 Å². The van der Waals surface area contributed by atoms with E-state index in [0.717, 1.165) is 5.92 Å². The fraction of sp³-hybridized carbons (Fsp3) is 0.929. The van der Waals surface area contributed by atoms with Gasteiger partial charge in [-0.25, -0.2) is 0 Å². The van der Waals surface area contributed by atoms with E-state index in [0.29, 0.717) is 12.2 Å². The lowest BCUT2D eigenvalue weighted by atomic mass is 9.88. The standard InChI is InChI=1S/C8H16.C6H12O/c1-2-8-6-4-3-5-7-8;1-4-6(7)5(2)3/h8H,2-7H2,1H3;5H,4H2,1-3H3. The number of hydrogen-bond donors (Lipinski definition) is 0. The summed E-state index contributed by atoms with van der Waals surface area (Å²) in [6.45, 7) is 8.05. The molecule has 0 aliphatic heterocycles. The first-order chi connectivity index (χ1) is 7.11. The highest BCUT2D eigenvalue weighted by Gasteiger charge is 2.09. The minimum atomic E-state index is 0.227. The molecule has 1 saturated carbocycles. The van der Waals surface area contributed by atoms with Gasteiger partial charge in [0, 0.05) is 12.3 Å². The Labute approximate surface area is 95.6 Å². The molecule has 1 fully saturated rings. The summed E-state index contributed by atoms with van der Waals surface area (Å²) >= 11 is 0. The van der Waals surface area contributed by atoms with Gasteiger partial charge in [-0.15, -0.1) is 0 Å². The highest BCUT2D eigenvalue weighted by molar-refractivity contribution is 5.79. The molecule has 1 rings (SSSR count).